The van der Waals surface area contributed by atoms with Crippen LogP contribution in [-0.2, 0) is 9.59 Å². The van der Waals surface area contributed by atoms with Gasteiger partial charge in [0.05, 0.1) is 16.8 Å². The van der Waals surface area contributed by atoms with Crippen molar-refractivity contribution in [1.82, 2.24) is 5.32 Å². The number of ketones is 1. The summed E-state index contributed by atoms with van der Waals surface area (Å²) in [6.07, 6.45) is 0.288. The number of nitrogens with one attached hydrogen (secondary N) is 1. The minimum atomic E-state index is -0.179. The zero-order valence-corrected chi connectivity index (χ0v) is 13.6. The number of hydrogen-bond acceptors (Lipinski definition) is 2. The summed E-state index contributed by atoms with van der Waals surface area (Å²) >= 11 is 0. The first-order chi connectivity index (χ1) is 11.5. The van der Waals surface area contributed by atoms with Gasteiger partial charge in [-0.3, -0.25) is 9.59 Å². The van der Waals surface area contributed by atoms with Crippen molar-refractivity contribution in [3.8, 4) is 0 Å². The largest absolute Gasteiger partial charge is 0.321 e. The fraction of sp³-hybridized carbons (Fsp3) is 0.143. The van der Waals surface area contributed by atoms with E-state index in [4.69, 9.17) is 0 Å². The highest BCUT2D eigenvalue weighted by Gasteiger charge is 2.40. The van der Waals surface area contributed by atoms with Crippen LogP contribution in [0.25, 0.3) is 11.3 Å². The standard InChI is InChI=1S/C21H17NO2/c1-12-3-7-14(8-4-12)16-11-17(23)19-18(16)21(24)22-20(19)15-9-5-13(2)6-10-15/h3-10H,11H2,1-2H3,(H,22,24). The van der Waals surface area contributed by atoms with E-state index >= 15 is 0 Å². The van der Waals surface area contributed by atoms with E-state index in [-0.39, 0.29) is 18.1 Å². The van der Waals surface area contributed by atoms with Gasteiger partial charge >= 0.3 is 0 Å². The van der Waals surface area contributed by atoms with Crippen molar-refractivity contribution in [3.63, 3.8) is 0 Å². The fourth-order valence-corrected chi connectivity index (χ4v) is 3.32. The lowest BCUT2D eigenvalue weighted by atomic mass is 10.00. The van der Waals surface area contributed by atoms with Crippen LogP contribution in [0.15, 0.2) is 59.7 Å². The second-order valence-corrected chi connectivity index (χ2v) is 6.39. The number of rotatable bonds is 2. The Labute approximate surface area is 140 Å². The van der Waals surface area contributed by atoms with Gasteiger partial charge in [-0.25, -0.2) is 0 Å². The van der Waals surface area contributed by atoms with Crippen molar-refractivity contribution in [2.75, 3.05) is 0 Å². The minimum absolute atomic E-state index is 0.00880. The highest BCUT2D eigenvalue weighted by atomic mass is 16.2. The Morgan fingerprint density at radius 1 is 0.750 bits per heavy atom. The third kappa shape index (κ3) is 2.21. The molecule has 0 radical (unpaired) electrons. The topological polar surface area (TPSA) is 46.2 Å². The molecule has 0 saturated heterocycles. The van der Waals surface area contributed by atoms with Crippen LogP contribution in [-0.4, -0.2) is 11.7 Å². The number of aryl methyl sites for hydroxylation is 2. The molecule has 0 fully saturated rings. The number of fused-ring (bicyclic) bond motifs is 1. The number of hydrogen-bond donors (Lipinski definition) is 1. The van der Waals surface area contributed by atoms with Gasteiger partial charge in [0.2, 0.25) is 0 Å². The summed E-state index contributed by atoms with van der Waals surface area (Å²) in [5, 5.41) is 2.90. The van der Waals surface area contributed by atoms with Crippen LogP contribution in [0.3, 0.4) is 0 Å². The lowest BCUT2D eigenvalue weighted by molar-refractivity contribution is -0.116. The summed E-state index contributed by atoms with van der Waals surface area (Å²) in [5.74, 6) is -0.170. The number of Topliss-reactive ketones (excluding diaryl/α,β-unsaturated/α-hetero) is 1. The maximum atomic E-state index is 12.6. The Morgan fingerprint density at radius 2 is 1.29 bits per heavy atom. The van der Waals surface area contributed by atoms with Crippen molar-refractivity contribution >= 4 is 23.0 Å². The molecule has 1 N–H and O–H groups in total. The molecule has 0 aromatic heterocycles. The van der Waals surface area contributed by atoms with E-state index in [0.29, 0.717) is 16.8 Å². The molecule has 0 unspecified atom stereocenters. The van der Waals surface area contributed by atoms with Gasteiger partial charge in [0.15, 0.2) is 5.78 Å². The molecule has 0 bridgehead atoms. The Hall–Kier alpha value is -2.94. The maximum absolute atomic E-state index is 12.6. The Bertz CT molecular complexity index is 849. The van der Waals surface area contributed by atoms with E-state index in [0.717, 1.165) is 27.8 Å². The van der Waals surface area contributed by atoms with Crippen molar-refractivity contribution < 1.29 is 9.59 Å². The highest BCUT2D eigenvalue weighted by Crippen LogP contribution is 2.42. The normalized spacial score (nSPS) is 16.8. The van der Waals surface area contributed by atoms with Gasteiger partial charge in [0, 0.05) is 6.42 Å². The number of carbonyl (C=O) groups is 2. The molecule has 24 heavy (non-hydrogen) atoms. The molecule has 1 amide bonds. The average molecular weight is 315 g/mol. The maximum Gasteiger partial charge on any atom is 0.256 e. The lowest BCUT2D eigenvalue weighted by Gasteiger charge is -2.06. The van der Waals surface area contributed by atoms with E-state index in [2.05, 4.69) is 5.32 Å². The molecule has 0 spiro atoms. The molecular weight excluding hydrogens is 298 g/mol. The first-order valence-electron chi connectivity index (χ1n) is 8.01. The first kappa shape index (κ1) is 14.6. The van der Waals surface area contributed by atoms with Crippen LogP contribution in [0.2, 0.25) is 0 Å². The molecule has 4 rings (SSSR count). The lowest BCUT2D eigenvalue weighted by Crippen LogP contribution is -2.16. The monoisotopic (exact) mass is 315 g/mol. The van der Waals surface area contributed by atoms with Gasteiger partial charge in [0.1, 0.15) is 0 Å². The molecule has 2 aromatic rings. The van der Waals surface area contributed by atoms with Crippen LogP contribution in [0.1, 0.15) is 28.7 Å². The molecule has 2 aromatic carbocycles. The van der Waals surface area contributed by atoms with Gasteiger partial charge in [-0.15, -0.1) is 0 Å². The van der Waals surface area contributed by atoms with Crippen molar-refractivity contribution in [3.05, 3.63) is 81.9 Å². The zero-order chi connectivity index (χ0) is 16.8. The molecule has 2 aliphatic rings. The Balaban J connectivity index is 1.88. The molecule has 0 saturated carbocycles. The second-order valence-electron chi connectivity index (χ2n) is 6.39. The molecule has 1 aliphatic heterocycles. The molecule has 3 nitrogen and oxygen atoms in total. The summed E-state index contributed by atoms with van der Waals surface area (Å²) in [5.41, 5.74) is 6.66. The third-order valence-corrected chi connectivity index (χ3v) is 4.62. The summed E-state index contributed by atoms with van der Waals surface area (Å²) in [7, 11) is 0. The molecule has 118 valence electrons. The van der Waals surface area contributed by atoms with Gasteiger partial charge < -0.3 is 5.32 Å². The molecule has 1 heterocycles. The van der Waals surface area contributed by atoms with Gasteiger partial charge in [0.25, 0.3) is 5.91 Å². The summed E-state index contributed by atoms with van der Waals surface area (Å²) in [4.78, 5) is 25.2. The molecule has 3 heteroatoms. The van der Waals surface area contributed by atoms with Gasteiger partial charge in [-0.2, -0.15) is 0 Å². The van der Waals surface area contributed by atoms with Crippen LogP contribution >= 0.6 is 0 Å². The quantitative estimate of drug-likeness (QED) is 0.921. The van der Waals surface area contributed by atoms with Crippen LogP contribution < -0.4 is 5.32 Å². The van der Waals surface area contributed by atoms with E-state index in [1.165, 1.54) is 0 Å². The predicted octanol–water partition coefficient (Wildman–Crippen LogP) is 3.57. The Kier molecular flexibility index (Phi) is 3.24. The van der Waals surface area contributed by atoms with Crippen LogP contribution in [0, 0.1) is 13.8 Å². The highest BCUT2D eigenvalue weighted by molar-refractivity contribution is 6.31. The van der Waals surface area contributed by atoms with E-state index in [1.807, 2.05) is 62.4 Å². The zero-order valence-electron chi connectivity index (χ0n) is 13.6. The van der Waals surface area contributed by atoms with Crippen LogP contribution in [0.4, 0.5) is 0 Å². The van der Waals surface area contributed by atoms with Gasteiger partial charge in [-0.05, 0) is 30.5 Å². The number of amides is 1. The summed E-state index contributed by atoms with van der Waals surface area (Å²) in [6.45, 7) is 4.03. The van der Waals surface area contributed by atoms with E-state index in [1.54, 1.807) is 0 Å². The average Bonchev–Trinajstić information content (AvgIpc) is 3.08. The number of carbonyl (C=O) groups excluding carboxylic acids is 2. The third-order valence-electron chi connectivity index (χ3n) is 4.62. The van der Waals surface area contributed by atoms with Crippen molar-refractivity contribution in [2.24, 2.45) is 0 Å². The molecular formula is C21H17NO2. The van der Waals surface area contributed by atoms with Gasteiger partial charge in [-0.1, -0.05) is 59.7 Å². The summed E-state index contributed by atoms with van der Waals surface area (Å²) < 4.78 is 0. The summed E-state index contributed by atoms with van der Waals surface area (Å²) in [6, 6.07) is 15.8. The molecule has 1 aliphatic carbocycles. The molecule has 0 atom stereocenters. The van der Waals surface area contributed by atoms with E-state index in [9.17, 15) is 9.59 Å². The Morgan fingerprint density at radius 3 is 1.88 bits per heavy atom. The number of benzene rings is 2. The van der Waals surface area contributed by atoms with E-state index < -0.39 is 0 Å². The predicted molar refractivity (Wildman–Crippen MR) is 94.0 cm³/mol. The SMILES string of the molecule is Cc1ccc(C2=C3C(=O)NC(c4ccc(C)cc4)=C3C(=O)C2)cc1. The number of allylic oxidation sites excluding steroid dienone is 1. The smallest absolute Gasteiger partial charge is 0.256 e. The van der Waals surface area contributed by atoms with Crippen LogP contribution in [0.5, 0.6) is 0 Å². The van der Waals surface area contributed by atoms with Crippen molar-refractivity contribution in [1.29, 1.82) is 0 Å². The second kappa shape index (κ2) is 5.31. The fourth-order valence-electron chi connectivity index (χ4n) is 3.32. The first-order valence-corrected chi connectivity index (χ1v) is 8.01. The van der Waals surface area contributed by atoms with Crippen molar-refractivity contribution in [2.45, 2.75) is 20.3 Å². The minimum Gasteiger partial charge on any atom is -0.321 e.